The van der Waals surface area contributed by atoms with Gasteiger partial charge in [0.25, 0.3) is 0 Å². The number of rotatable bonds is 4. The van der Waals surface area contributed by atoms with E-state index in [2.05, 4.69) is 5.48 Å². The molecule has 0 aliphatic rings. The first-order valence-corrected chi connectivity index (χ1v) is 5.98. The largest absolute Gasteiger partial charge is 0.451 e. The number of carbonyl (C=O) groups excluding carboxylic acids is 1. The summed E-state index contributed by atoms with van der Waals surface area (Å²) < 4.78 is 5.45. The lowest BCUT2D eigenvalue weighted by Crippen LogP contribution is -2.25. The molecule has 4 nitrogen and oxygen atoms in total. The predicted molar refractivity (Wildman–Crippen MR) is 69.2 cm³/mol. The Balaban J connectivity index is 2.08. The van der Waals surface area contributed by atoms with Crippen molar-refractivity contribution in [2.45, 2.75) is 20.8 Å². The zero-order valence-electron chi connectivity index (χ0n) is 10.8. The van der Waals surface area contributed by atoms with Crippen LogP contribution in [0.5, 0.6) is 0 Å². The number of nitrogens with one attached hydrogen (secondary N) is 1. The van der Waals surface area contributed by atoms with E-state index in [0.29, 0.717) is 18.1 Å². The van der Waals surface area contributed by atoms with Crippen LogP contribution in [-0.4, -0.2) is 12.5 Å². The third kappa shape index (κ3) is 2.90. The molecule has 0 atom stereocenters. The Morgan fingerprint density at radius 3 is 2.89 bits per heavy atom. The zero-order chi connectivity index (χ0) is 13.1. The molecule has 96 valence electrons. The summed E-state index contributed by atoms with van der Waals surface area (Å²) in [6, 6.07) is 7.50. The van der Waals surface area contributed by atoms with Gasteiger partial charge in [-0.1, -0.05) is 25.5 Å². The van der Waals surface area contributed by atoms with E-state index in [1.807, 2.05) is 39.0 Å². The zero-order valence-corrected chi connectivity index (χ0v) is 10.8. The number of hydroxylamine groups is 1. The van der Waals surface area contributed by atoms with Gasteiger partial charge in [0.2, 0.25) is 0 Å². The monoisotopic (exact) mass is 247 g/mol. The van der Waals surface area contributed by atoms with Gasteiger partial charge in [0, 0.05) is 5.39 Å². The van der Waals surface area contributed by atoms with Gasteiger partial charge in [0.15, 0.2) is 5.76 Å². The molecular formula is C14H17NO3. The first kappa shape index (κ1) is 12.6. The molecular weight excluding hydrogens is 230 g/mol. The van der Waals surface area contributed by atoms with Gasteiger partial charge < -0.3 is 4.42 Å². The van der Waals surface area contributed by atoms with Gasteiger partial charge >= 0.3 is 5.91 Å². The van der Waals surface area contributed by atoms with Crippen molar-refractivity contribution in [2.75, 3.05) is 6.61 Å². The quantitative estimate of drug-likeness (QED) is 0.845. The van der Waals surface area contributed by atoms with Gasteiger partial charge in [0.1, 0.15) is 5.58 Å². The summed E-state index contributed by atoms with van der Waals surface area (Å²) in [6.45, 7) is 6.50. The number of furan rings is 1. The summed E-state index contributed by atoms with van der Waals surface area (Å²) in [7, 11) is 0. The van der Waals surface area contributed by atoms with Gasteiger partial charge in [-0.05, 0) is 31.0 Å². The van der Waals surface area contributed by atoms with Crippen molar-refractivity contribution in [1.29, 1.82) is 0 Å². The van der Waals surface area contributed by atoms with Crippen LogP contribution in [0.3, 0.4) is 0 Å². The van der Waals surface area contributed by atoms with Crippen molar-refractivity contribution < 1.29 is 14.0 Å². The molecule has 1 heterocycles. The van der Waals surface area contributed by atoms with Crippen molar-refractivity contribution in [3.63, 3.8) is 0 Å². The number of hydrogen-bond donors (Lipinski definition) is 1. The summed E-state index contributed by atoms with van der Waals surface area (Å²) in [6.07, 6.45) is 0. The molecule has 2 aromatic rings. The third-order valence-corrected chi connectivity index (χ3v) is 2.48. The van der Waals surface area contributed by atoms with Gasteiger partial charge in [-0.15, -0.1) is 0 Å². The lowest BCUT2D eigenvalue weighted by molar-refractivity contribution is 0.0190. The number of aryl methyl sites for hydroxylation is 1. The molecule has 1 N–H and O–H groups in total. The maximum atomic E-state index is 11.8. The van der Waals surface area contributed by atoms with Gasteiger partial charge in [-0.25, -0.2) is 5.48 Å². The van der Waals surface area contributed by atoms with Crippen molar-refractivity contribution >= 4 is 16.9 Å². The van der Waals surface area contributed by atoms with E-state index in [1.165, 1.54) is 0 Å². The summed E-state index contributed by atoms with van der Waals surface area (Å²) >= 11 is 0. The molecule has 1 aromatic heterocycles. The van der Waals surface area contributed by atoms with Crippen LogP contribution in [0, 0.1) is 12.8 Å². The fourth-order valence-electron chi connectivity index (χ4n) is 1.60. The molecule has 18 heavy (non-hydrogen) atoms. The maximum Gasteiger partial charge on any atom is 0.310 e. The highest BCUT2D eigenvalue weighted by Gasteiger charge is 2.12. The van der Waals surface area contributed by atoms with Crippen LogP contribution >= 0.6 is 0 Å². The van der Waals surface area contributed by atoms with Crippen LogP contribution < -0.4 is 5.48 Å². The average Bonchev–Trinajstić information content (AvgIpc) is 2.71. The Kier molecular flexibility index (Phi) is 3.67. The predicted octanol–water partition coefficient (Wildman–Crippen LogP) is 3.06. The van der Waals surface area contributed by atoms with Crippen LogP contribution in [0.25, 0.3) is 11.0 Å². The molecule has 0 saturated carbocycles. The van der Waals surface area contributed by atoms with E-state index in [4.69, 9.17) is 9.25 Å². The van der Waals surface area contributed by atoms with Gasteiger partial charge in [-0.3, -0.25) is 9.63 Å². The molecule has 0 spiro atoms. The number of carbonyl (C=O) groups is 1. The van der Waals surface area contributed by atoms with E-state index in [0.717, 1.165) is 10.9 Å². The van der Waals surface area contributed by atoms with Crippen LogP contribution in [0.2, 0.25) is 0 Å². The molecule has 1 amide bonds. The molecule has 0 fully saturated rings. The Hall–Kier alpha value is -1.81. The van der Waals surface area contributed by atoms with Gasteiger partial charge in [0.05, 0.1) is 6.61 Å². The van der Waals surface area contributed by atoms with Gasteiger partial charge in [-0.2, -0.15) is 0 Å². The number of fused-ring (bicyclic) bond motifs is 1. The lowest BCUT2D eigenvalue weighted by Gasteiger charge is -2.05. The molecule has 0 bridgehead atoms. The van der Waals surface area contributed by atoms with Crippen molar-refractivity contribution in [3.8, 4) is 0 Å². The molecule has 0 saturated heterocycles. The SMILES string of the molecule is Cc1ccc2oc(C(=O)NOCC(C)C)cc2c1. The Morgan fingerprint density at radius 2 is 2.17 bits per heavy atom. The third-order valence-electron chi connectivity index (χ3n) is 2.48. The fraction of sp³-hybridized carbons (Fsp3) is 0.357. The fourth-order valence-corrected chi connectivity index (χ4v) is 1.60. The lowest BCUT2D eigenvalue weighted by atomic mass is 10.2. The number of hydrogen-bond acceptors (Lipinski definition) is 3. The Morgan fingerprint density at radius 1 is 1.39 bits per heavy atom. The minimum Gasteiger partial charge on any atom is -0.451 e. The Labute approximate surface area is 106 Å². The van der Waals surface area contributed by atoms with Crippen LogP contribution in [0.4, 0.5) is 0 Å². The minimum atomic E-state index is -0.357. The highest BCUT2D eigenvalue weighted by Crippen LogP contribution is 2.20. The minimum absolute atomic E-state index is 0.263. The van der Waals surface area contributed by atoms with Crippen LogP contribution in [0.1, 0.15) is 30.0 Å². The first-order valence-electron chi connectivity index (χ1n) is 5.98. The normalized spacial score (nSPS) is 11.1. The van der Waals surface area contributed by atoms with Crippen molar-refractivity contribution in [3.05, 3.63) is 35.6 Å². The molecule has 4 heteroatoms. The standard InChI is InChI=1S/C14H17NO3/c1-9(2)8-17-15-14(16)13-7-11-6-10(3)4-5-12(11)18-13/h4-7,9H,8H2,1-3H3,(H,15,16). The summed E-state index contributed by atoms with van der Waals surface area (Å²) in [5.41, 5.74) is 4.21. The molecule has 2 rings (SSSR count). The summed E-state index contributed by atoms with van der Waals surface area (Å²) in [4.78, 5) is 16.8. The smallest absolute Gasteiger partial charge is 0.310 e. The molecule has 0 aliphatic heterocycles. The van der Waals surface area contributed by atoms with E-state index in [9.17, 15) is 4.79 Å². The average molecular weight is 247 g/mol. The molecule has 0 radical (unpaired) electrons. The van der Waals surface area contributed by atoms with E-state index >= 15 is 0 Å². The second-order valence-corrected chi connectivity index (χ2v) is 4.79. The molecule has 0 unspecified atom stereocenters. The van der Waals surface area contributed by atoms with E-state index in [-0.39, 0.29) is 11.7 Å². The first-order chi connectivity index (χ1) is 8.56. The summed E-state index contributed by atoms with van der Waals surface area (Å²) in [5.74, 6) is 0.271. The topological polar surface area (TPSA) is 51.5 Å². The van der Waals surface area contributed by atoms with Crippen LogP contribution in [-0.2, 0) is 4.84 Å². The maximum absolute atomic E-state index is 11.8. The molecule has 1 aromatic carbocycles. The van der Waals surface area contributed by atoms with E-state index in [1.54, 1.807) is 6.07 Å². The summed E-state index contributed by atoms with van der Waals surface area (Å²) in [5, 5.41) is 0.920. The number of benzene rings is 1. The molecule has 0 aliphatic carbocycles. The Bertz CT molecular complexity index is 557. The highest BCUT2D eigenvalue weighted by molar-refractivity contribution is 5.95. The van der Waals surface area contributed by atoms with Crippen molar-refractivity contribution in [1.82, 2.24) is 5.48 Å². The highest BCUT2D eigenvalue weighted by atomic mass is 16.7. The van der Waals surface area contributed by atoms with E-state index < -0.39 is 0 Å². The van der Waals surface area contributed by atoms with Crippen LogP contribution in [0.15, 0.2) is 28.7 Å². The second kappa shape index (κ2) is 5.23. The van der Waals surface area contributed by atoms with Crippen molar-refractivity contribution in [2.24, 2.45) is 5.92 Å². The second-order valence-electron chi connectivity index (χ2n) is 4.79. The number of amides is 1.